The molecule has 0 radical (unpaired) electrons. The van der Waals surface area contributed by atoms with Crippen LogP contribution in [0.2, 0.25) is 0 Å². The predicted molar refractivity (Wildman–Crippen MR) is 60.6 cm³/mol. The third-order valence-electron chi connectivity index (χ3n) is 3.34. The zero-order chi connectivity index (χ0) is 11.2. The Kier molecular flexibility index (Phi) is 2.03. The second-order valence-corrected chi connectivity index (χ2v) is 4.57. The summed E-state index contributed by atoms with van der Waals surface area (Å²) in [6.45, 7) is 0. The zero-order valence-electron chi connectivity index (χ0n) is 8.84. The topological polar surface area (TPSA) is 12.0 Å². The highest BCUT2D eigenvalue weighted by atomic mass is 19.3. The zero-order valence-corrected chi connectivity index (χ0v) is 8.84. The van der Waals surface area contributed by atoms with Crippen LogP contribution in [0.15, 0.2) is 29.8 Å². The van der Waals surface area contributed by atoms with Gasteiger partial charge in [0.1, 0.15) is 0 Å². The fourth-order valence-corrected chi connectivity index (χ4v) is 2.51. The Morgan fingerprint density at radius 1 is 1.25 bits per heavy atom. The summed E-state index contributed by atoms with van der Waals surface area (Å²) >= 11 is 0. The number of anilines is 1. The number of hydrogen-bond acceptors (Lipinski definition) is 1. The van der Waals surface area contributed by atoms with Crippen LogP contribution >= 0.6 is 0 Å². The van der Waals surface area contributed by atoms with Crippen molar-refractivity contribution in [2.75, 3.05) is 5.32 Å². The maximum absolute atomic E-state index is 13.3. The molecule has 2 aliphatic rings. The van der Waals surface area contributed by atoms with Crippen molar-refractivity contribution in [1.82, 2.24) is 0 Å². The van der Waals surface area contributed by atoms with E-state index in [0.29, 0.717) is 6.42 Å². The third-order valence-corrected chi connectivity index (χ3v) is 3.34. The van der Waals surface area contributed by atoms with E-state index in [1.54, 1.807) is 0 Å². The van der Waals surface area contributed by atoms with Gasteiger partial charge in [-0.1, -0.05) is 24.3 Å². The molecule has 1 aliphatic heterocycles. The summed E-state index contributed by atoms with van der Waals surface area (Å²) in [7, 11) is 0. The lowest BCUT2D eigenvalue weighted by Gasteiger charge is -2.35. The van der Waals surface area contributed by atoms with E-state index in [9.17, 15) is 8.78 Å². The molecular formula is C13H13F2N. The fourth-order valence-electron chi connectivity index (χ4n) is 2.51. The summed E-state index contributed by atoms with van der Waals surface area (Å²) in [5, 5.41) is 3.34. The van der Waals surface area contributed by atoms with Crippen molar-refractivity contribution < 1.29 is 8.78 Å². The Morgan fingerprint density at radius 2 is 2.06 bits per heavy atom. The van der Waals surface area contributed by atoms with Crippen LogP contribution in [0.5, 0.6) is 0 Å². The molecular weight excluding hydrogens is 208 g/mol. The predicted octanol–water partition coefficient (Wildman–Crippen LogP) is 3.68. The van der Waals surface area contributed by atoms with Gasteiger partial charge in [0, 0.05) is 24.6 Å². The lowest BCUT2D eigenvalue weighted by Crippen LogP contribution is -2.35. The average Bonchev–Trinajstić information content (AvgIpc) is 2.25. The molecule has 16 heavy (non-hydrogen) atoms. The molecule has 1 fully saturated rings. The Morgan fingerprint density at radius 3 is 2.94 bits per heavy atom. The van der Waals surface area contributed by atoms with Crippen LogP contribution in [0.1, 0.15) is 24.8 Å². The molecule has 0 aromatic heterocycles. The molecule has 3 heteroatoms. The molecule has 1 atom stereocenters. The van der Waals surface area contributed by atoms with Crippen molar-refractivity contribution in [2.45, 2.75) is 31.2 Å². The third kappa shape index (κ3) is 1.60. The summed E-state index contributed by atoms with van der Waals surface area (Å²) in [5.74, 6) is -2.52. The number of fused-ring (bicyclic) bond motifs is 2. The van der Waals surface area contributed by atoms with Gasteiger partial charge in [0.2, 0.25) is 0 Å². The molecule has 0 bridgehead atoms. The number of nitrogens with one attached hydrogen (secondary N) is 1. The first-order chi connectivity index (χ1) is 7.64. The Balaban J connectivity index is 1.98. The van der Waals surface area contributed by atoms with Crippen LogP contribution in [0.4, 0.5) is 14.5 Å². The van der Waals surface area contributed by atoms with Crippen molar-refractivity contribution >= 4 is 11.8 Å². The first-order valence-corrected chi connectivity index (χ1v) is 5.58. The molecule has 1 aromatic rings. The van der Waals surface area contributed by atoms with Gasteiger partial charge in [0.05, 0.1) is 0 Å². The molecule has 1 aromatic carbocycles. The highest BCUT2D eigenvalue weighted by molar-refractivity contribution is 5.73. The smallest absolute Gasteiger partial charge is 0.252 e. The second-order valence-electron chi connectivity index (χ2n) is 4.57. The van der Waals surface area contributed by atoms with Crippen LogP contribution in [0.25, 0.3) is 6.08 Å². The number of hydrogen-bond donors (Lipinski definition) is 1. The molecule has 0 spiro atoms. The van der Waals surface area contributed by atoms with E-state index < -0.39 is 5.92 Å². The number of rotatable bonds is 0. The molecule has 1 heterocycles. The molecule has 3 rings (SSSR count). The maximum Gasteiger partial charge on any atom is 0.252 e. The Hall–Kier alpha value is -1.38. The monoisotopic (exact) mass is 221 g/mol. The van der Waals surface area contributed by atoms with Gasteiger partial charge in [-0.2, -0.15) is 0 Å². The van der Waals surface area contributed by atoms with Gasteiger partial charge in [0.25, 0.3) is 5.92 Å². The SMILES string of the molecule is FC1(F)CCC2Nc3ccccc3C=C2C1. The number of alkyl halides is 2. The largest absolute Gasteiger partial charge is 0.378 e. The lowest BCUT2D eigenvalue weighted by atomic mass is 9.84. The minimum Gasteiger partial charge on any atom is -0.378 e. The quantitative estimate of drug-likeness (QED) is 0.704. The number of benzene rings is 1. The van der Waals surface area contributed by atoms with E-state index in [-0.39, 0.29) is 18.9 Å². The molecule has 1 unspecified atom stereocenters. The van der Waals surface area contributed by atoms with Crippen molar-refractivity contribution in [1.29, 1.82) is 0 Å². The van der Waals surface area contributed by atoms with Crippen LogP contribution in [0.3, 0.4) is 0 Å². The maximum atomic E-state index is 13.3. The molecule has 84 valence electrons. The molecule has 1 nitrogen and oxygen atoms in total. The molecule has 1 N–H and O–H groups in total. The van der Waals surface area contributed by atoms with Crippen LogP contribution < -0.4 is 5.32 Å². The van der Waals surface area contributed by atoms with Crippen molar-refractivity contribution in [3.8, 4) is 0 Å². The fraction of sp³-hybridized carbons (Fsp3) is 0.385. The molecule has 0 saturated heterocycles. The Bertz CT molecular complexity index is 451. The highest BCUT2D eigenvalue weighted by Crippen LogP contribution is 2.41. The van der Waals surface area contributed by atoms with E-state index in [2.05, 4.69) is 5.32 Å². The molecule has 1 aliphatic carbocycles. The summed E-state index contributed by atoms with van der Waals surface area (Å²) in [6.07, 6.45) is 2.33. The first-order valence-electron chi connectivity index (χ1n) is 5.58. The van der Waals surface area contributed by atoms with Crippen molar-refractivity contribution in [2.24, 2.45) is 0 Å². The van der Waals surface area contributed by atoms with Gasteiger partial charge < -0.3 is 5.32 Å². The van der Waals surface area contributed by atoms with Gasteiger partial charge in [-0.3, -0.25) is 0 Å². The van der Waals surface area contributed by atoms with E-state index in [0.717, 1.165) is 16.8 Å². The van der Waals surface area contributed by atoms with Gasteiger partial charge >= 0.3 is 0 Å². The summed E-state index contributed by atoms with van der Waals surface area (Å²) in [6, 6.07) is 7.95. The minimum absolute atomic E-state index is 0.00975. The summed E-state index contributed by atoms with van der Waals surface area (Å²) in [5.41, 5.74) is 2.92. The highest BCUT2D eigenvalue weighted by Gasteiger charge is 2.39. The standard InChI is InChI=1S/C13H13F2N/c14-13(15)6-5-12-10(8-13)7-9-3-1-2-4-11(9)16-12/h1-4,7,12,16H,5-6,8H2. The number of halogens is 2. The summed E-state index contributed by atoms with van der Waals surface area (Å²) in [4.78, 5) is 0. The van der Waals surface area contributed by atoms with Gasteiger partial charge in [-0.15, -0.1) is 0 Å². The first kappa shape index (κ1) is 9.82. The van der Waals surface area contributed by atoms with Crippen LogP contribution in [-0.4, -0.2) is 12.0 Å². The molecule has 1 saturated carbocycles. The number of para-hydroxylation sites is 1. The normalized spacial score (nSPS) is 26.1. The molecule has 0 amide bonds. The van der Waals surface area contributed by atoms with Gasteiger partial charge in [0.15, 0.2) is 0 Å². The van der Waals surface area contributed by atoms with Gasteiger partial charge in [-0.05, 0) is 23.6 Å². The van der Waals surface area contributed by atoms with E-state index in [1.165, 1.54) is 0 Å². The van der Waals surface area contributed by atoms with Gasteiger partial charge in [-0.25, -0.2) is 8.78 Å². The average molecular weight is 221 g/mol. The minimum atomic E-state index is -2.52. The van der Waals surface area contributed by atoms with E-state index >= 15 is 0 Å². The van der Waals surface area contributed by atoms with Crippen molar-refractivity contribution in [3.05, 3.63) is 35.4 Å². The lowest BCUT2D eigenvalue weighted by molar-refractivity contribution is -0.0200. The summed E-state index contributed by atoms with van der Waals surface area (Å²) < 4.78 is 26.6. The van der Waals surface area contributed by atoms with Crippen LogP contribution in [-0.2, 0) is 0 Å². The van der Waals surface area contributed by atoms with Crippen molar-refractivity contribution in [3.63, 3.8) is 0 Å². The second kappa shape index (κ2) is 3.30. The van der Waals surface area contributed by atoms with E-state index in [4.69, 9.17) is 0 Å². The Labute approximate surface area is 93.2 Å². The van der Waals surface area contributed by atoms with E-state index in [1.807, 2.05) is 30.3 Å². The van der Waals surface area contributed by atoms with Crippen LogP contribution in [0, 0.1) is 0 Å².